The third-order valence-corrected chi connectivity index (χ3v) is 2.95. The molecule has 1 N–H and O–H groups in total. The van der Waals surface area contributed by atoms with E-state index in [0.29, 0.717) is 0 Å². The Bertz CT molecular complexity index is 680. The smallest absolute Gasteiger partial charge is 0.412 e. The molecule has 128 valence electrons. The summed E-state index contributed by atoms with van der Waals surface area (Å²) in [4.78, 5) is 19.1. The number of carbonyl (C=O) groups excluding carboxylic acids is 1. The summed E-state index contributed by atoms with van der Waals surface area (Å²) in [5.41, 5.74) is 2.05. The summed E-state index contributed by atoms with van der Waals surface area (Å²) in [5, 5.41) is 2.19. The van der Waals surface area contributed by atoms with E-state index in [1.165, 1.54) is 7.11 Å². The summed E-state index contributed by atoms with van der Waals surface area (Å²) < 4.78 is 28.6. The molecule has 0 radical (unpaired) electrons. The monoisotopic (exact) mass is 335 g/mol. The van der Waals surface area contributed by atoms with Crippen molar-refractivity contribution in [2.24, 2.45) is 0 Å². The van der Waals surface area contributed by atoms with Gasteiger partial charge in [0.15, 0.2) is 11.6 Å². The molecule has 2 rings (SSSR count). The maximum Gasteiger partial charge on any atom is 0.412 e. The zero-order valence-electron chi connectivity index (χ0n) is 13.4. The molecule has 0 saturated carbocycles. The first-order chi connectivity index (χ1) is 11.6. The van der Waals surface area contributed by atoms with E-state index in [4.69, 9.17) is 14.2 Å². The SMILES string of the molecule is COCCOC(=O)Nc1nc(OCc2ccc(C)cc2)ncc1F. The Morgan fingerprint density at radius 2 is 2.00 bits per heavy atom. The molecule has 0 fully saturated rings. The van der Waals surface area contributed by atoms with Crippen LogP contribution in [0.3, 0.4) is 0 Å². The molecule has 2 aromatic rings. The van der Waals surface area contributed by atoms with Gasteiger partial charge in [0.05, 0.1) is 12.8 Å². The van der Waals surface area contributed by atoms with Gasteiger partial charge in [-0.05, 0) is 12.5 Å². The van der Waals surface area contributed by atoms with E-state index in [9.17, 15) is 9.18 Å². The van der Waals surface area contributed by atoms with Crippen molar-refractivity contribution in [2.75, 3.05) is 25.6 Å². The van der Waals surface area contributed by atoms with Gasteiger partial charge in [-0.25, -0.2) is 14.2 Å². The molecular formula is C16H18FN3O4. The van der Waals surface area contributed by atoms with Crippen molar-refractivity contribution >= 4 is 11.9 Å². The number of benzene rings is 1. The number of hydrogen-bond donors (Lipinski definition) is 1. The lowest BCUT2D eigenvalue weighted by Gasteiger charge is -2.09. The lowest BCUT2D eigenvalue weighted by Crippen LogP contribution is -2.18. The first kappa shape index (κ1) is 17.6. The molecule has 0 bridgehead atoms. The van der Waals surface area contributed by atoms with Crippen molar-refractivity contribution < 1.29 is 23.4 Å². The van der Waals surface area contributed by atoms with E-state index < -0.39 is 11.9 Å². The number of rotatable bonds is 7. The highest BCUT2D eigenvalue weighted by molar-refractivity contribution is 5.83. The minimum absolute atomic E-state index is 0.0474. The van der Waals surface area contributed by atoms with E-state index in [1.807, 2.05) is 31.2 Å². The van der Waals surface area contributed by atoms with E-state index in [1.54, 1.807) is 0 Å². The van der Waals surface area contributed by atoms with Crippen molar-refractivity contribution in [1.29, 1.82) is 0 Å². The van der Waals surface area contributed by atoms with Crippen LogP contribution in [-0.2, 0) is 16.1 Å². The van der Waals surface area contributed by atoms with Crippen molar-refractivity contribution in [3.8, 4) is 6.01 Å². The number of halogens is 1. The number of carbonyl (C=O) groups is 1. The van der Waals surface area contributed by atoms with Crippen LogP contribution in [0.5, 0.6) is 6.01 Å². The fourth-order valence-corrected chi connectivity index (χ4v) is 1.69. The normalized spacial score (nSPS) is 10.3. The lowest BCUT2D eigenvalue weighted by molar-refractivity contribution is 0.107. The Morgan fingerprint density at radius 1 is 1.25 bits per heavy atom. The zero-order chi connectivity index (χ0) is 17.4. The van der Waals surface area contributed by atoms with Crippen LogP contribution in [0, 0.1) is 12.7 Å². The molecule has 24 heavy (non-hydrogen) atoms. The second kappa shape index (κ2) is 8.78. The fourth-order valence-electron chi connectivity index (χ4n) is 1.69. The van der Waals surface area contributed by atoms with Gasteiger partial charge in [0, 0.05) is 7.11 Å². The topological polar surface area (TPSA) is 82.6 Å². The first-order valence-electron chi connectivity index (χ1n) is 7.22. The number of methoxy groups -OCH3 is 1. The van der Waals surface area contributed by atoms with Gasteiger partial charge in [0.25, 0.3) is 0 Å². The summed E-state index contributed by atoms with van der Waals surface area (Å²) in [5.74, 6) is -1.10. The highest BCUT2D eigenvalue weighted by Crippen LogP contribution is 2.15. The molecule has 0 unspecified atom stereocenters. The number of ether oxygens (including phenoxy) is 3. The first-order valence-corrected chi connectivity index (χ1v) is 7.22. The number of anilines is 1. The van der Waals surface area contributed by atoms with Gasteiger partial charge in [-0.2, -0.15) is 4.98 Å². The van der Waals surface area contributed by atoms with Crippen LogP contribution in [0.4, 0.5) is 15.0 Å². The minimum Gasteiger partial charge on any atom is -0.459 e. The van der Waals surface area contributed by atoms with Crippen molar-refractivity contribution in [2.45, 2.75) is 13.5 Å². The van der Waals surface area contributed by atoms with E-state index in [2.05, 4.69) is 15.3 Å². The molecule has 1 aromatic heterocycles. The molecule has 0 aliphatic rings. The number of aryl methyl sites for hydroxylation is 1. The second-order valence-corrected chi connectivity index (χ2v) is 4.88. The number of amides is 1. The Hall–Kier alpha value is -2.74. The summed E-state index contributed by atoms with van der Waals surface area (Å²) >= 11 is 0. The van der Waals surface area contributed by atoms with Gasteiger partial charge in [-0.3, -0.25) is 5.32 Å². The Labute approximate surface area is 138 Å². The summed E-state index contributed by atoms with van der Waals surface area (Å²) in [6.07, 6.45) is 0.0801. The Balaban J connectivity index is 1.94. The van der Waals surface area contributed by atoms with Gasteiger partial charge in [-0.15, -0.1) is 0 Å². The molecule has 0 saturated heterocycles. The molecule has 1 aromatic carbocycles. The zero-order valence-corrected chi connectivity index (χ0v) is 13.4. The summed E-state index contributed by atoms with van der Waals surface area (Å²) in [6, 6.07) is 7.67. The van der Waals surface area contributed by atoms with Crippen molar-refractivity contribution in [1.82, 2.24) is 9.97 Å². The molecule has 0 spiro atoms. The van der Waals surface area contributed by atoms with Crippen molar-refractivity contribution in [3.63, 3.8) is 0 Å². The van der Waals surface area contributed by atoms with Crippen LogP contribution in [-0.4, -0.2) is 36.4 Å². The second-order valence-electron chi connectivity index (χ2n) is 4.88. The molecule has 1 amide bonds. The van der Waals surface area contributed by atoms with Crippen LogP contribution in [0.2, 0.25) is 0 Å². The van der Waals surface area contributed by atoms with Gasteiger partial charge in [0.2, 0.25) is 0 Å². The maximum atomic E-state index is 13.7. The molecule has 0 aliphatic carbocycles. The third kappa shape index (κ3) is 5.47. The van der Waals surface area contributed by atoms with Crippen LogP contribution < -0.4 is 10.1 Å². The van der Waals surface area contributed by atoms with E-state index in [0.717, 1.165) is 17.3 Å². The highest BCUT2D eigenvalue weighted by Gasteiger charge is 2.12. The largest absolute Gasteiger partial charge is 0.459 e. The molecule has 7 nitrogen and oxygen atoms in total. The van der Waals surface area contributed by atoms with Gasteiger partial charge in [0.1, 0.15) is 13.2 Å². The lowest BCUT2D eigenvalue weighted by atomic mass is 10.2. The Kier molecular flexibility index (Phi) is 6.44. The van der Waals surface area contributed by atoms with Crippen molar-refractivity contribution in [3.05, 3.63) is 47.4 Å². The summed E-state index contributed by atoms with van der Waals surface area (Å²) in [7, 11) is 1.48. The molecule has 1 heterocycles. The fraction of sp³-hybridized carbons (Fsp3) is 0.312. The molecular weight excluding hydrogens is 317 g/mol. The number of nitrogens with one attached hydrogen (secondary N) is 1. The maximum absolute atomic E-state index is 13.7. The predicted molar refractivity (Wildman–Crippen MR) is 84.3 cm³/mol. The van der Waals surface area contributed by atoms with Crippen LogP contribution >= 0.6 is 0 Å². The van der Waals surface area contributed by atoms with Crippen LogP contribution in [0.1, 0.15) is 11.1 Å². The standard InChI is InChI=1S/C16H18FN3O4/c1-11-3-5-12(6-4-11)10-24-15-18-9-13(17)14(19-15)20-16(21)23-8-7-22-2/h3-6,9H,7-8,10H2,1-2H3,(H,18,19,20,21). The molecule has 0 atom stereocenters. The molecule has 8 heteroatoms. The average Bonchev–Trinajstić information content (AvgIpc) is 2.57. The quantitative estimate of drug-likeness (QED) is 0.784. The number of nitrogens with zero attached hydrogens (tertiary/aromatic N) is 2. The van der Waals surface area contributed by atoms with Gasteiger partial charge in [-0.1, -0.05) is 29.8 Å². The molecule has 0 aliphatic heterocycles. The number of aromatic nitrogens is 2. The van der Waals surface area contributed by atoms with E-state index in [-0.39, 0.29) is 31.6 Å². The Morgan fingerprint density at radius 3 is 2.71 bits per heavy atom. The van der Waals surface area contributed by atoms with Crippen LogP contribution in [0.15, 0.2) is 30.5 Å². The summed E-state index contributed by atoms with van der Waals surface area (Å²) in [6.45, 7) is 2.50. The predicted octanol–water partition coefficient (Wildman–Crippen LogP) is 2.70. The third-order valence-electron chi connectivity index (χ3n) is 2.95. The minimum atomic E-state index is -0.839. The highest BCUT2D eigenvalue weighted by atomic mass is 19.1. The van der Waals surface area contributed by atoms with Crippen LogP contribution in [0.25, 0.3) is 0 Å². The average molecular weight is 335 g/mol. The van der Waals surface area contributed by atoms with Gasteiger partial charge >= 0.3 is 12.1 Å². The van der Waals surface area contributed by atoms with Gasteiger partial charge < -0.3 is 14.2 Å². The number of hydrogen-bond acceptors (Lipinski definition) is 6. The van der Waals surface area contributed by atoms with E-state index >= 15 is 0 Å².